The normalized spacial score (nSPS) is 12.5. The Labute approximate surface area is 117 Å². The van der Waals surface area contributed by atoms with Gasteiger partial charge in [-0.05, 0) is 6.92 Å². The topological polar surface area (TPSA) is 60.2 Å². The summed E-state index contributed by atoms with van der Waals surface area (Å²) in [6.45, 7) is 3.28. The van der Waals surface area contributed by atoms with E-state index in [1.54, 1.807) is 11.3 Å². The fraction of sp³-hybridized carbons (Fsp3) is 0.357. The highest BCUT2D eigenvalue weighted by Crippen LogP contribution is 2.22. The van der Waals surface area contributed by atoms with Crippen molar-refractivity contribution in [1.29, 1.82) is 0 Å². The molecule has 4 nitrogen and oxygen atoms in total. The van der Waals surface area contributed by atoms with E-state index in [1.807, 2.05) is 25.1 Å². The van der Waals surface area contributed by atoms with Gasteiger partial charge < -0.3 is 4.74 Å². The highest BCUT2D eigenvalue weighted by molar-refractivity contribution is 7.09. The standard InChI is InChI=1S/C14H19N3OS/c1-2-18-9-12(17-15)8-14-16-13(10-19-14)11-6-4-3-5-7-11/h3-7,10,12,17H,2,8-9,15H2,1H3. The number of hydrogen-bond donors (Lipinski definition) is 2. The number of hydrogen-bond acceptors (Lipinski definition) is 5. The molecule has 2 rings (SSSR count). The quantitative estimate of drug-likeness (QED) is 0.602. The van der Waals surface area contributed by atoms with Crippen molar-refractivity contribution in [3.05, 3.63) is 40.7 Å². The first-order valence-corrected chi connectivity index (χ1v) is 7.25. The van der Waals surface area contributed by atoms with Gasteiger partial charge >= 0.3 is 0 Å². The van der Waals surface area contributed by atoms with Crippen molar-refractivity contribution in [2.24, 2.45) is 5.84 Å². The lowest BCUT2D eigenvalue weighted by Gasteiger charge is -2.13. The summed E-state index contributed by atoms with van der Waals surface area (Å²) < 4.78 is 5.38. The molecule has 0 bridgehead atoms. The molecule has 1 atom stereocenters. The van der Waals surface area contributed by atoms with Gasteiger partial charge in [0.25, 0.3) is 0 Å². The number of nitrogens with one attached hydrogen (secondary N) is 1. The molecule has 5 heteroatoms. The van der Waals surface area contributed by atoms with Gasteiger partial charge in [0.15, 0.2) is 0 Å². The third-order valence-electron chi connectivity index (χ3n) is 2.80. The SMILES string of the molecule is CCOCC(Cc1nc(-c2ccccc2)cs1)NN. The molecule has 3 N–H and O–H groups in total. The minimum atomic E-state index is 0.106. The smallest absolute Gasteiger partial charge is 0.0949 e. The van der Waals surface area contributed by atoms with Crippen LogP contribution in [0.3, 0.4) is 0 Å². The van der Waals surface area contributed by atoms with Gasteiger partial charge in [0.1, 0.15) is 0 Å². The van der Waals surface area contributed by atoms with E-state index in [1.165, 1.54) is 0 Å². The number of benzene rings is 1. The highest BCUT2D eigenvalue weighted by atomic mass is 32.1. The van der Waals surface area contributed by atoms with Crippen LogP contribution in [-0.2, 0) is 11.2 Å². The summed E-state index contributed by atoms with van der Waals surface area (Å²) in [5, 5.41) is 3.15. The molecule has 2 aromatic rings. The van der Waals surface area contributed by atoms with E-state index < -0.39 is 0 Å². The second-order valence-electron chi connectivity index (χ2n) is 4.22. The summed E-state index contributed by atoms with van der Waals surface area (Å²) in [5.41, 5.74) is 4.94. The first kappa shape index (κ1) is 14.1. The van der Waals surface area contributed by atoms with E-state index in [9.17, 15) is 0 Å². The molecule has 1 heterocycles. The fourth-order valence-corrected chi connectivity index (χ4v) is 2.67. The van der Waals surface area contributed by atoms with E-state index in [0.29, 0.717) is 13.2 Å². The van der Waals surface area contributed by atoms with Crippen LogP contribution >= 0.6 is 11.3 Å². The Bertz CT molecular complexity index is 486. The van der Waals surface area contributed by atoms with Crippen LogP contribution in [0.1, 0.15) is 11.9 Å². The van der Waals surface area contributed by atoms with E-state index >= 15 is 0 Å². The summed E-state index contributed by atoms with van der Waals surface area (Å²) in [4.78, 5) is 4.64. The summed E-state index contributed by atoms with van der Waals surface area (Å²) in [7, 11) is 0. The lowest BCUT2D eigenvalue weighted by Crippen LogP contribution is -2.40. The van der Waals surface area contributed by atoms with Gasteiger partial charge in [-0.2, -0.15) is 0 Å². The monoisotopic (exact) mass is 277 g/mol. The van der Waals surface area contributed by atoms with Crippen molar-refractivity contribution in [2.75, 3.05) is 13.2 Å². The molecular formula is C14H19N3OS. The predicted molar refractivity (Wildman–Crippen MR) is 78.9 cm³/mol. The molecule has 19 heavy (non-hydrogen) atoms. The first-order valence-electron chi connectivity index (χ1n) is 6.37. The minimum Gasteiger partial charge on any atom is -0.380 e. The zero-order valence-electron chi connectivity index (χ0n) is 11.0. The van der Waals surface area contributed by atoms with Gasteiger partial charge in [-0.1, -0.05) is 30.3 Å². The first-order chi connectivity index (χ1) is 9.33. The fourth-order valence-electron chi connectivity index (χ4n) is 1.78. The van der Waals surface area contributed by atoms with Crippen LogP contribution in [0.15, 0.2) is 35.7 Å². The maximum Gasteiger partial charge on any atom is 0.0949 e. The van der Waals surface area contributed by atoms with Gasteiger partial charge in [-0.3, -0.25) is 11.3 Å². The molecule has 0 amide bonds. The Balaban J connectivity index is 2.01. The van der Waals surface area contributed by atoms with Crippen LogP contribution in [0, 0.1) is 0 Å². The van der Waals surface area contributed by atoms with Gasteiger partial charge in [0.05, 0.1) is 23.4 Å². The number of aromatic nitrogens is 1. The van der Waals surface area contributed by atoms with Crippen molar-refractivity contribution in [1.82, 2.24) is 10.4 Å². The molecule has 0 radical (unpaired) electrons. The highest BCUT2D eigenvalue weighted by Gasteiger charge is 2.11. The molecular weight excluding hydrogens is 258 g/mol. The molecule has 1 aromatic carbocycles. The third kappa shape index (κ3) is 4.11. The van der Waals surface area contributed by atoms with Crippen molar-refractivity contribution in [3.63, 3.8) is 0 Å². The van der Waals surface area contributed by atoms with E-state index in [0.717, 1.165) is 22.7 Å². The maximum absolute atomic E-state index is 5.53. The molecule has 0 fully saturated rings. The predicted octanol–water partition coefficient (Wildman–Crippen LogP) is 2.22. The summed E-state index contributed by atoms with van der Waals surface area (Å²) in [6.07, 6.45) is 0.786. The molecule has 1 unspecified atom stereocenters. The second kappa shape index (κ2) is 7.35. The summed E-state index contributed by atoms with van der Waals surface area (Å²) in [5.74, 6) is 5.53. The number of thiazole rings is 1. The van der Waals surface area contributed by atoms with Gasteiger partial charge in [-0.25, -0.2) is 4.98 Å². The molecule has 1 aromatic heterocycles. The maximum atomic E-state index is 5.53. The Morgan fingerprint density at radius 1 is 1.37 bits per heavy atom. The Kier molecular flexibility index (Phi) is 5.47. The zero-order valence-corrected chi connectivity index (χ0v) is 11.8. The van der Waals surface area contributed by atoms with Crippen LogP contribution in [0.4, 0.5) is 0 Å². The molecule has 0 aliphatic rings. The van der Waals surface area contributed by atoms with Crippen LogP contribution in [-0.4, -0.2) is 24.2 Å². The number of ether oxygens (including phenoxy) is 1. The average molecular weight is 277 g/mol. The van der Waals surface area contributed by atoms with Crippen LogP contribution < -0.4 is 11.3 Å². The average Bonchev–Trinajstić information content (AvgIpc) is 2.93. The Hall–Kier alpha value is -1.27. The van der Waals surface area contributed by atoms with Crippen LogP contribution in [0.2, 0.25) is 0 Å². The molecule has 0 aliphatic carbocycles. The van der Waals surface area contributed by atoms with Crippen LogP contribution in [0.5, 0.6) is 0 Å². The van der Waals surface area contributed by atoms with E-state index in [4.69, 9.17) is 10.6 Å². The third-order valence-corrected chi connectivity index (χ3v) is 3.67. The summed E-state index contributed by atoms with van der Waals surface area (Å²) in [6, 6.07) is 10.3. The number of hydrazine groups is 1. The lowest BCUT2D eigenvalue weighted by molar-refractivity contribution is 0.123. The van der Waals surface area contributed by atoms with Crippen molar-refractivity contribution in [2.45, 2.75) is 19.4 Å². The minimum absolute atomic E-state index is 0.106. The molecule has 102 valence electrons. The summed E-state index contributed by atoms with van der Waals surface area (Å²) >= 11 is 1.66. The number of nitrogens with zero attached hydrogens (tertiary/aromatic N) is 1. The van der Waals surface area contributed by atoms with Crippen molar-refractivity contribution < 1.29 is 4.74 Å². The van der Waals surface area contributed by atoms with Crippen LogP contribution in [0.25, 0.3) is 11.3 Å². The Morgan fingerprint density at radius 3 is 2.84 bits per heavy atom. The van der Waals surface area contributed by atoms with Crippen molar-refractivity contribution >= 4 is 11.3 Å². The molecule has 0 saturated carbocycles. The van der Waals surface area contributed by atoms with Gasteiger partial charge in [-0.15, -0.1) is 11.3 Å². The second-order valence-corrected chi connectivity index (χ2v) is 5.16. The Morgan fingerprint density at radius 2 is 2.16 bits per heavy atom. The number of rotatable bonds is 7. The van der Waals surface area contributed by atoms with E-state index in [-0.39, 0.29) is 6.04 Å². The molecule has 0 spiro atoms. The number of nitrogens with two attached hydrogens (primary N) is 1. The molecule has 0 saturated heterocycles. The van der Waals surface area contributed by atoms with Gasteiger partial charge in [0.2, 0.25) is 0 Å². The zero-order chi connectivity index (χ0) is 13.5. The van der Waals surface area contributed by atoms with Gasteiger partial charge in [0, 0.05) is 24.0 Å². The van der Waals surface area contributed by atoms with E-state index in [2.05, 4.69) is 27.9 Å². The molecule has 0 aliphatic heterocycles. The lowest BCUT2D eigenvalue weighted by atomic mass is 10.2. The largest absolute Gasteiger partial charge is 0.380 e. The van der Waals surface area contributed by atoms with Crippen molar-refractivity contribution in [3.8, 4) is 11.3 Å².